The van der Waals surface area contributed by atoms with Crippen LogP contribution in [0.15, 0.2) is 23.1 Å². The number of hydrogen-bond acceptors (Lipinski definition) is 5. The number of aromatic nitrogens is 1. The average Bonchev–Trinajstić information content (AvgIpc) is 2.86. The summed E-state index contributed by atoms with van der Waals surface area (Å²) in [4.78, 5) is 16.3. The fraction of sp³-hybridized carbons (Fsp3) is 0.529. The first-order valence-corrected chi connectivity index (χ1v) is 10.7. The maximum absolute atomic E-state index is 13.0. The summed E-state index contributed by atoms with van der Waals surface area (Å²) in [7, 11) is -3.59. The lowest BCUT2D eigenvalue weighted by molar-refractivity contribution is -0.116. The Morgan fingerprint density at radius 1 is 1.24 bits per heavy atom. The summed E-state index contributed by atoms with van der Waals surface area (Å²) in [5, 5.41) is 3.25. The van der Waals surface area contributed by atoms with Gasteiger partial charge in [0, 0.05) is 18.5 Å². The third kappa shape index (κ3) is 4.37. The molecule has 0 aliphatic rings. The summed E-state index contributed by atoms with van der Waals surface area (Å²) >= 11 is 1.28. The molecule has 1 heterocycles. The van der Waals surface area contributed by atoms with Crippen LogP contribution >= 0.6 is 11.3 Å². The zero-order valence-corrected chi connectivity index (χ0v) is 16.9. The van der Waals surface area contributed by atoms with Crippen molar-refractivity contribution in [3.05, 3.63) is 18.2 Å². The Morgan fingerprint density at radius 3 is 2.44 bits per heavy atom. The number of fused-ring (bicyclic) bond motifs is 1. The standard InChI is InChI=1S/C17H25N3O3S2/c1-6-7-16(21)19-17-18-14-9-8-13(10-15(14)24-17)25(22,23)20(11(2)3)12(4)5/h8-12H,6-7H2,1-5H3,(H,18,19,21). The van der Waals surface area contributed by atoms with Crippen molar-refractivity contribution in [2.75, 3.05) is 5.32 Å². The summed E-state index contributed by atoms with van der Waals surface area (Å²) in [6.07, 6.45) is 1.20. The molecular weight excluding hydrogens is 358 g/mol. The van der Waals surface area contributed by atoms with Crippen LogP contribution in [0.5, 0.6) is 0 Å². The van der Waals surface area contributed by atoms with Crippen LogP contribution in [0.25, 0.3) is 10.2 Å². The summed E-state index contributed by atoms with van der Waals surface area (Å²) in [5.74, 6) is -0.0832. The fourth-order valence-electron chi connectivity index (χ4n) is 2.80. The number of sulfonamides is 1. The third-order valence-electron chi connectivity index (χ3n) is 3.68. The highest BCUT2D eigenvalue weighted by atomic mass is 32.2. The lowest BCUT2D eigenvalue weighted by atomic mass is 10.3. The molecule has 1 amide bonds. The van der Waals surface area contributed by atoms with E-state index in [1.807, 2.05) is 34.6 Å². The fourth-order valence-corrected chi connectivity index (χ4v) is 5.66. The van der Waals surface area contributed by atoms with Crippen LogP contribution in [0.4, 0.5) is 5.13 Å². The lowest BCUT2D eigenvalue weighted by Crippen LogP contribution is -2.41. The highest BCUT2D eigenvalue weighted by molar-refractivity contribution is 7.89. The summed E-state index contributed by atoms with van der Waals surface area (Å²) in [6.45, 7) is 9.40. The Bertz CT molecular complexity index is 849. The number of anilines is 1. The first kappa shape index (κ1) is 19.8. The van der Waals surface area contributed by atoms with Gasteiger partial charge in [-0.15, -0.1) is 0 Å². The molecule has 0 atom stereocenters. The minimum Gasteiger partial charge on any atom is -0.302 e. The van der Waals surface area contributed by atoms with Gasteiger partial charge in [-0.2, -0.15) is 4.31 Å². The average molecular weight is 384 g/mol. The maximum atomic E-state index is 13.0. The molecule has 1 aromatic heterocycles. The van der Waals surface area contributed by atoms with Crippen molar-refractivity contribution in [3.63, 3.8) is 0 Å². The molecular formula is C17H25N3O3S2. The summed E-state index contributed by atoms with van der Waals surface area (Å²) < 4.78 is 28.2. The van der Waals surface area contributed by atoms with E-state index < -0.39 is 10.0 Å². The lowest BCUT2D eigenvalue weighted by Gasteiger charge is -2.29. The van der Waals surface area contributed by atoms with Gasteiger partial charge in [0.05, 0.1) is 15.1 Å². The number of carbonyl (C=O) groups is 1. The van der Waals surface area contributed by atoms with Gasteiger partial charge in [0.2, 0.25) is 15.9 Å². The zero-order valence-electron chi connectivity index (χ0n) is 15.2. The van der Waals surface area contributed by atoms with Crippen LogP contribution in [0.2, 0.25) is 0 Å². The van der Waals surface area contributed by atoms with Gasteiger partial charge >= 0.3 is 0 Å². The van der Waals surface area contributed by atoms with Crippen LogP contribution in [0.3, 0.4) is 0 Å². The molecule has 1 aromatic carbocycles. The van der Waals surface area contributed by atoms with E-state index in [-0.39, 0.29) is 22.9 Å². The van der Waals surface area contributed by atoms with Crippen molar-refractivity contribution in [2.45, 2.75) is 64.4 Å². The Morgan fingerprint density at radius 2 is 1.88 bits per heavy atom. The van der Waals surface area contributed by atoms with Crippen LogP contribution in [0, 0.1) is 0 Å². The molecule has 0 unspecified atom stereocenters. The second-order valence-corrected chi connectivity index (χ2v) is 9.34. The molecule has 138 valence electrons. The molecule has 0 aliphatic heterocycles. The minimum absolute atomic E-state index is 0.0832. The van der Waals surface area contributed by atoms with Crippen molar-refractivity contribution in [1.82, 2.24) is 9.29 Å². The number of rotatable bonds is 7. The molecule has 0 saturated carbocycles. The van der Waals surface area contributed by atoms with Crippen molar-refractivity contribution in [2.24, 2.45) is 0 Å². The van der Waals surface area contributed by atoms with Crippen molar-refractivity contribution in [1.29, 1.82) is 0 Å². The molecule has 0 aliphatic carbocycles. The number of nitrogens with zero attached hydrogens (tertiary/aromatic N) is 2. The Balaban J connectivity index is 2.39. The molecule has 0 bridgehead atoms. The monoisotopic (exact) mass is 383 g/mol. The number of amides is 1. The van der Waals surface area contributed by atoms with E-state index in [1.165, 1.54) is 15.6 Å². The topological polar surface area (TPSA) is 79.4 Å². The molecule has 0 radical (unpaired) electrons. The molecule has 1 N–H and O–H groups in total. The van der Waals surface area contributed by atoms with Gasteiger partial charge in [0.25, 0.3) is 0 Å². The van der Waals surface area contributed by atoms with Crippen molar-refractivity contribution < 1.29 is 13.2 Å². The molecule has 2 rings (SSSR count). The molecule has 0 fully saturated rings. The van der Waals surface area contributed by atoms with E-state index in [0.717, 1.165) is 11.1 Å². The molecule has 0 saturated heterocycles. The smallest absolute Gasteiger partial charge is 0.243 e. The first-order chi connectivity index (χ1) is 11.7. The van der Waals surface area contributed by atoms with Crippen molar-refractivity contribution >= 4 is 42.6 Å². The normalized spacial score (nSPS) is 12.5. The van der Waals surface area contributed by atoms with Crippen LogP contribution < -0.4 is 5.32 Å². The number of hydrogen-bond donors (Lipinski definition) is 1. The molecule has 6 nitrogen and oxygen atoms in total. The van der Waals surface area contributed by atoms with E-state index in [4.69, 9.17) is 0 Å². The SMILES string of the molecule is CCCC(=O)Nc1nc2ccc(S(=O)(=O)N(C(C)C)C(C)C)cc2s1. The highest BCUT2D eigenvalue weighted by Gasteiger charge is 2.29. The second-order valence-electron chi connectivity index (χ2n) is 6.47. The van der Waals surface area contributed by atoms with Gasteiger partial charge < -0.3 is 5.32 Å². The Kier molecular flexibility index (Phi) is 6.18. The minimum atomic E-state index is -3.59. The predicted molar refractivity (Wildman–Crippen MR) is 102 cm³/mol. The van der Waals surface area contributed by atoms with E-state index in [1.54, 1.807) is 18.2 Å². The number of carbonyl (C=O) groups excluding carboxylic acids is 1. The van der Waals surface area contributed by atoms with E-state index in [0.29, 0.717) is 17.1 Å². The van der Waals surface area contributed by atoms with E-state index >= 15 is 0 Å². The predicted octanol–water partition coefficient (Wildman–Crippen LogP) is 3.84. The molecule has 25 heavy (non-hydrogen) atoms. The highest BCUT2D eigenvalue weighted by Crippen LogP contribution is 2.30. The number of nitrogens with one attached hydrogen (secondary N) is 1. The van der Waals surface area contributed by atoms with Gasteiger partial charge in [-0.05, 0) is 52.3 Å². The largest absolute Gasteiger partial charge is 0.302 e. The van der Waals surface area contributed by atoms with E-state index in [2.05, 4.69) is 10.3 Å². The number of benzene rings is 1. The van der Waals surface area contributed by atoms with Crippen LogP contribution in [-0.4, -0.2) is 35.7 Å². The van der Waals surface area contributed by atoms with Gasteiger partial charge in [0.1, 0.15) is 0 Å². The van der Waals surface area contributed by atoms with Crippen LogP contribution in [0.1, 0.15) is 47.5 Å². The Hall–Kier alpha value is -1.51. The molecule has 0 spiro atoms. The second kappa shape index (κ2) is 7.80. The van der Waals surface area contributed by atoms with Gasteiger partial charge in [-0.3, -0.25) is 4.79 Å². The van der Waals surface area contributed by atoms with E-state index in [9.17, 15) is 13.2 Å². The Labute approximate surface area is 153 Å². The molecule has 2 aromatic rings. The van der Waals surface area contributed by atoms with Gasteiger partial charge in [-0.25, -0.2) is 13.4 Å². The van der Waals surface area contributed by atoms with Crippen LogP contribution in [-0.2, 0) is 14.8 Å². The first-order valence-electron chi connectivity index (χ1n) is 8.40. The summed E-state index contributed by atoms with van der Waals surface area (Å²) in [5.41, 5.74) is 0.677. The third-order valence-corrected chi connectivity index (χ3v) is 6.86. The molecule has 8 heteroatoms. The van der Waals surface area contributed by atoms with Gasteiger partial charge in [0.15, 0.2) is 5.13 Å². The maximum Gasteiger partial charge on any atom is 0.243 e. The number of thiazole rings is 1. The van der Waals surface area contributed by atoms with Gasteiger partial charge in [-0.1, -0.05) is 18.3 Å². The summed E-state index contributed by atoms with van der Waals surface area (Å²) in [6, 6.07) is 4.63. The quantitative estimate of drug-likeness (QED) is 0.788. The zero-order chi connectivity index (χ0) is 18.8. The van der Waals surface area contributed by atoms with Crippen molar-refractivity contribution in [3.8, 4) is 0 Å².